The number of hydrogen-bond acceptors (Lipinski definition) is 3. The van der Waals surface area contributed by atoms with Crippen LogP contribution < -0.4 is 0 Å². The highest BCUT2D eigenvalue weighted by molar-refractivity contribution is 7.71. The maximum atomic E-state index is 5.51. The summed E-state index contributed by atoms with van der Waals surface area (Å²) >= 11 is 5.32. The third-order valence-electron chi connectivity index (χ3n) is 2.73. The second-order valence-corrected chi connectivity index (χ2v) is 4.89. The maximum Gasteiger partial charge on any atom is 0.179 e. The SMILES string of the molecule is C=C(C)COCCn1c(=S)[nH]c2c(C)nn(C)c21. The fraction of sp³-hybridized carbons (Fsp3) is 0.500. The summed E-state index contributed by atoms with van der Waals surface area (Å²) in [5.74, 6) is 0. The molecule has 0 radical (unpaired) electrons. The zero-order valence-corrected chi connectivity index (χ0v) is 11.8. The Balaban J connectivity index is 2.20. The molecule has 2 heterocycles. The van der Waals surface area contributed by atoms with E-state index in [1.807, 2.05) is 30.1 Å². The number of aryl methyl sites for hydroxylation is 2. The highest BCUT2D eigenvalue weighted by Crippen LogP contribution is 2.16. The van der Waals surface area contributed by atoms with Crippen molar-refractivity contribution in [2.24, 2.45) is 7.05 Å². The minimum absolute atomic E-state index is 0.589. The molecule has 2 rings (SSSR count). The molecule has 2 aromatic rings. The van der Waals surface area contributed by atoms with Gasteiger partial charge in [0.05, 0.1) is 25.5 Å². The van der Waals surface area contributed by atoms with Crippen LogP contribution >= 0.6 is 12.2 Å². The first-order valence-corrected chi connectivity index (χ1v) is 6.25. The second kappa shape index (κ2) is 5.07. The average Bonchev–Trinajstić information content (AvgIpc) is 2.74. The number of aromatic nitrogens is 4. The topological polar surface area (TPSA) is 47.8 Å². The molecule has 0 spiro atoms. The van der Waals surface area contributed by atoms with Gasteiger partial charge in [-0.05, 0) is 26.1 Å². The van der Waals surface area contributed by atoms with E-state index in [1.54, 1.807) is 0 Å². The van der Waals surface area contributed by atoms with E-state index >= 15 is 0 Å². The van der Waals surface area contributed by atoms with Crippen molar-refractivity contribution >= 4 is 23.4 Å². The molecule has 18 heavy (non-hydrogen) atoms. The van der Waals surface area contributed by atoms with Crippen molar-refractivity contribution in [3.63, 3.8) is 0 Å². The van der Waals surface area contributed by atoms with Crippen molar-refractivity contribution < 1.29 is 4.74 Å². The van der Waals surface area contributed by atoms with Crippen LogP contribution in [-0.2, 0) is 18.3 Å². The standard InChI is InChI=1S/C12H18N4OS/c1-8(2)7-17-6-5-16-11-10(13-12(16)18)9(3)14-15(11)4/h1,5-7H2,2-4H3,(H,13,18). The molecule has 0 aliphatic carbocycles. The number of rotatable bonds is 5. The van der Waals surface area contributed by atoms with Crippen molar-refractivity contribution in [2.75, 3.05) is 13.2 Å². The summed E-state index contributed by atoms with van der Waals surface area (Å²) < 4.78 is 10.1. The average molecular weight is 266 g/mol. The van der Waals surface area contributed by atoms with Crippen LogP contribution in [0.4, 0.5) is 0 Å². The number of imidazole rings is 1. The number of nitrogens with zero attached hydrogens (tertiary/aromatic N) is 3. The molecule has 0 bridgehead atoms. The summed E-state index contributed by atoms with van der Waals surface area (Å²) in [7, 11) is 1.92. The number of ether oxygens (including phenoxy) is 1. The van der Waals surface area contributed by atoms with E-state index in [2.05, 4.69) is 16.7 Å². The lowest BCUT2D eigenvalue weighted by Crippen LogP contribution is -2.09. The summed E-state index contributed by atoms with van der Waals surface area (Å²) in [6.07, 6.45) is 0. The van der Waals surface area contributed by atoms with Gasteiger partial charge >= 0.3 is 0 Å². The number of fused-ring (bicyclic) bond motifs is 1. The molecule has 2 aromatic heterocycles. The first kappa shape index (κ1) is 13.0. The molecule has 0 amide bonds. The van der Waals surface area contributed by atoms with Crippen LogP contribution in [0.1, 0.15) is 12.6 Å². The Morgan fingerprint density at radius 3 is 2.94 bits per heavy atom. The van der Waals surface area contributed by atoms with E-state index in [1.165, 1.54) is 0 Å². The van der Waals surface area contributed by atoms with Crippen LogP contribution in [0.2, 0.25) is 0 Å². The van der Waals surface area contributed by atoms with E-state index in [4.69, 9.17) is 17.0 Å². The summed E-state index contributed by atoms with van der Waals surface area (Å²) in [6, 6.07) is 0. The molecule has 0 atom stereocenters. The van der Waals surface area contributed by atoms with Crippen molar-refractivity contribution in [1.29, 1.82) is 0 Å². The van der Waals surface area contributed by atoms with E-state index in [0.29, 0.717) is 24.5 Å². The van der Waals surface area contributed by atoms with Gasteiger partial charge in [-0.15, -0.1) is 0 Å². The Labute approximate surface area is 111 Å². The van der Waals surface area contributed by atoms with Crippen LogP contribution in [0.25, 0.3) is 11.2 Å². The van der Waals surface area contributed by atoms with Gasteiger partial charge in [-0.2, -0.15) is 5.10 Å². The molecule has 6 heteroatoms. The van der Waals surface area contributed by atoms with E-state index in [0.717, 1.165) is 22.4 Å². The zero-order valence-electron chi connectivity index (χ0n) is 11.0. The predicted molar refractivity (Wildman–Crippen MR) is 74.3 cm³/mol. The summed E-state index contributed by atoms with van der Waals surface area (Å²) in [5, 5.41) is 4.37. The Morgan fingerprint density at radius 2 is 2.28 bits per heavy atom. The molecular formula is C12H18N4OS. The van der Waals surface area contributed by atoms with Gasteiger partial charge in [0.15, 0.2) is 10.4 Å². The van der Waals surface area contributed by atoms with Crippen LogP contribution in [-0.4, -0.2) is 32.5 Å². The predicted octanol–water partition coefficient (Wildman–Crippen LogP) is 2.33. The summed E-state index contributed by atoms with van der Waals surface area (Å²) in [6.45, 7) is 9.63. The fourth-order valence-corrected chi connectivity index (χ4v) is 2.26. The van der Waals surface area contributed by atoms with Gasteiger partial charge in [-0.3, -0.25) is 9.25 Å². The van der Waals surface area contributed by atoms with Gasteiger partial charge in [0, 0.05) is 7.05 Å². The lowest BCUT2D eigenvalue weighted by molar-refractivity contribution is 0.147. The van der Waals surface area contributed by atoms with Crippen molar-refractivity contribution in [3.05, 3.63) is 22.6 Å². The summed E-state index contributed by atoms with van der Waals surface area (Å²) in [5.41, 5.74) is 3.99. The second-order valence-electron chi connectivity index (χ2n) is 4.50. The molecule has 98 valence electrons. The van der Waals surface area contributed by atoms with Crippen molar-refractivity contribution in [2.45, 2.75) is 20.4 Å². The molecule has 0 unspecified atom stereocenters. The third kappa shape index (κ3) is 2.39. The number of nitrogens with one attached hydrogen (secondary N) is 1. The molecule has 5 nitrogen and oxygen atoms in total. The van der Waals surface area contributed by atoms with Gasteiger partial charge in [-0.1, -0.05) is 12.2 Å². The molecule has 0 saturated carbocycles. The minimum Gasteiger partial charge on any atom is -0.375 e. The van der Waals surface area contributed by atoms with Crippen LogP contribution in [0.15, 0.2) is 12.2 Å². The van der Waals surface area contributed by atoms with Gasteiger partial charge in [0.2, 0.25) is 0 Å². The lowest BCUT2D eigenvalue weighted by atomic mass is 10.4. The van der Waals surface area contributed by atoms with Crippen LogP contribution in [0.3, 0.4) is 0 Å². The van der Waals surface area contributed by atoms with E-state index in [-0.39, 0.29) is 0 Å². The molecule has 0 saturated heterocycles. The third-order valence-corrected chi connectivity index (χ3v) is 3.05. The Kier molecular flexibility index (Phi) is 3.68. The highest BCUT2D eigenvalue weighted by Gasteiger charge is 2.12. The van der Waals surface area contributed by atoms with Gasteiger partial charge in [0.25, 0.3) is 0 Å². The molecule has 0 aliphatic heterocycles. The quantitative estimate of drug-likeness (QED) is 0.513. The smallest absolute Gasteiger partial charge is 0.179 e. The number of hydrogen-bond donors (Lipinski definition) is 1. The Morgan fingerprint density at radius 1 is 1.56 bits per heavy atom. The van der Waals surface area contributed by atoms with Crippen LogP contribution in [0.5, 0.6) is 0 Å². The number of H-pyrrole nitrogens is 1. The van der Waals surface area contributed by atoms with Gasteiger partial charge in [0.1, 0.15) is 5.52 Å². The normalized spacial score (nSPS) is 11.3. The Bertz CT molecular complexity index is 634. The maximum absolute atomic E-state index is 5.51. The molecule has 0 aromatic carbocycles. The van der Waals surface area contributed by atoms with E-state index < -0.39 is 0 Å². The fourth-order valence-electron chi connectivity index (χ4n) is 1.98. The van der Waals surface area contributed by atoms with Gasteiger partial charge in [-0.25, -0.2) is 0 Å². The highest BCUT2D eigenvalue weighted by atomic mass is 32.1. The molecule has 0 fully saturated rings. The largest absolute Gasteiger partial charge is 0.375 e. The van der Waals surface area contributed by atoms with Gasteiger partial charge < -0.3 is 9.72 Å². The minimum atomic E-state index is 0.589. The first-order chi connectivity index (χ1) is 8.50. The van der Waals surface area contributed by atoms with E-state index in [9.17, 15) is 0 Å². The zero-order chi connectivity index (χ0) is 13.3. The lowest BCUT2D eigenvalue weighted by Gasteiger charge is -2.06. The molecule has 1 N–H and O–H groups in total. The molecule has 0 aliphatic rings. The van der Waals surface area contributed by atoms with Crippen LogP contribution in [0, 0.1) is 11.7 Å². The molecular weight excluding hydrogens is 248 g/mol. The monoisotopic (exact) mass is 266 g/mol. The Hall–Kier alpha value is -1.40. The van der Waals surface area contributed by atoms with Crippen molar-refractivity contribution in [3.8, 4) is 0 Å². The first-order valence-electron chi connectivity index (χ1n) is 5.85. The summed E-state index contributed by atoms with van der Waals surface area (Å²) in [4.78, 5) is 3.19. The van der Waals surface area contributed by atoms with Crippen molar-refractivity contribution in [1.82, 2.24) is 19.3 Å². The number of aromatic amines is 1.